The number of carbonyl (C=O) groups is 1. The number of fused-ring (bicyclic) bond motifs is 1. The van der Waals surface area contributed by atoms with Gasteiger partial charge in [-0.3, -0.25) is 9.69 Å². The maximum absolute atomic E-state index is 13.8. The molecule has 0 amide bonds. The second-order valence-electron chi connectivity index (χ2n) is 9.04. The van der Waals surface area contributed by atoms with Gasteiger partial charge in [0.25, 0.3) is 0 Å². The van der Waals surface area contributed by atoms with E-state index in [1.165, 1.54) is 30.6 Å². The molecule has 1 fully saturated rings. The largest absolute Gasteiger partial charge is 0.508 e. The standard InChI is InChI=1S/C29H29NO4S/c1-19-25(32)14-13-24-26(29(35-28(19)24)21-5-9-22(31)10-6-21)27(33)20-7-11-23(12-8-20)34-18-17-30-15-3-2-4-16-30/h5-14,31-32H,2-4,15-18H2,1H3. The third kappa shape index (κ3) is 4.90. The number of ether oxygens (including phenoxy) is 1. The minimum Gasteiger partial charge on any atom is -0.508 e. The van der Waals surface area contributed by atoms with Crippen LogP contribution in [0.1, 0.15) is 40.7 Å². The molecule has 1 aliphatic rings. The van der Waals surface area contributed by atoms with Crippen LogP contribution in [0, 0.1) is 6.92 Å². The molecular weight excluding hydrogens is 458 g/mol. The van der Waals surface area contributed by atoms with Crippen LogP contribution < -0.4 is 4.74 Å². The Labute approximate surface area is 209 Å². The number of likely N-dealkylation sites (tertiary alicyclic amines) is 1. The number of phenolic OH excluding ortho intramolecular Hbond substituents is 2. The van der Waals surface area contributed by atoms with E-state index in [1.807, 2.05) is 49.4 Å². The van der Waals surface area contributed by atoms with Crippen molar-refractivity contribution in [1.29, 1.82) is 0 Å². The van der Waals surface area contributed by atoms with E-state index < -0.39 is 0 Å². The smallest absolute Gasteiger partial charge is 0.195 e. The monoisotopic (exact) mass is 487 g/mol. The van der Waals surface area contributed by atoms with Gasteiger partial charge in [0.05, 0.1) is 0 Å². The van der Waals surface area contributed by atoms with Crippen molar-refractivity contribution in [3.05, 3.63) is 77.4 Å². The minimum atomic E-state index is -0.0794. The van der Waals surface area contributed by atoms with Crippen LogP contribution in [0.5, 0.6) is 17.2 Å². The van der Waals surface area contributed by atoms with Crippen LogP contribution in [0.4, 0.5) is 0 Å². The fourth-order valence-corrected chi connectivity index (χ4v) is 5.95. The summed E-state index contributed by atoms with van der Waals surface area (Å²) in [5.41, 5.74) is 2.80. The number of aromatic hydroxyl groups is 2. The Morgan fingerprint density at radius 1 is 0.943 bits per heavy atom. The first-order chi connectivity index (χ1) is 17.0. The number of ketones is 1. The number of hydrogen-bond acceptors (Lipinski definition) is 6. The lowest BCUT2D eigenvalue weighted by molar-refractivity contribution is 0.104. The van der Waals surface area contributed by atoms with Gasteiger partial charge < -0.3 is 14.9 Å². The van der Waals surface area contributed by atoms with Crippen LogP contribution in [0.3, 0.4) is 0 Å². The second kappa shape index (κ2) is 10.1. The highest BCUT2D eigenvalue weighted by molar-refractivity contribution is 7.23. The molecule has 6 heteroatoms. The first-order valence-electron chi connectivity index (χ1n) is 12.1. The van der Waals surface area contributed by atoms with Gasteiger partial charge in [0.2, 0.25) is 0 Å². The van der Waals surface area contributed by atoms with E-state index in [9.17, 15) is 15.0 Å². The Morgan fingerprint density at radius 2 is 1.66 bits per heavy atom. The lowest BCUT2D eigenvalue weighted by Gasteiger charge is -2.26. The summed E-state index contributed by atoms with van der Waals surface area (Å²) in [6.07, 6.45) is 3.85. The first kappa shape index (κ1) is 23.4. The summed E-state index contributed by atoms with van der Waals surface area (Å²) in [7, 11) is 0. The fourth-order valence-electron chi connectivity index (χ4n) is 4.65. The predicted molar refractivity (Wildman–Crippen MR) is 141 cm³/mol. The van der Waals surface area contributed by atoms with Gasteiger partial charge in [-0.1, -0.05) is 6.42 Å². The van der Waals surface area contributed by atoms with E-state index in [-0.39, 0.29) is 17.3 Å². The van der Waals surface area contributed by atoms with Gasteiger partial charge >= 0.3 is 0 Å². The third-order valence-electron chi connectivity index (χ3n) is 6.68. The maximum atomic E-state index is 13.8. The van der Waals surface area contributed by atoms with Crippen molar-refractivity contribution in [3.63, 3.8) is 0 Å². The van der Waals surface area contributed by atoms with Crippen LogP contribution in [0.2, 0.25) is 0 Å². The highest BCUT2D eigenvalue weighted by atomic mass is 32.1. The number of thiophene rings is 1. The summed E-state index contributed by atoms with van der Waals surface area (Å²) >= 11 is 1.48. The average Bonchev–Trinajstić information content (AvgIpc) is 3.27. The molecule has 0 saturated carbocycles. The van der Waals surface area contributed by atoms with E-state index >= 15 is 0 Å². The summed E-state index contributed by atoms with van der Waals surface area (Å²) in [5.74, 6) is 1.06. The van der Waals surface area contributed by atoms with E-state index in [4.69, 9.17) is 4.74 Å². The summed E-state index contributed by atoms with van der Waals surface area (Å²) in [6.45, 7) is 5.71. The predicted octanol–water partition coefficient (Wildman–Crippen LogP) is 6.38. The number of benzene rings is 3. The molecule has 2 heterocycles. The quantitative estimate of drug-likeness (QED) is 0.296. The third-order valence-corrected chi connectivity index (χ3v) is 8.05. The average molecular weight is 488 g/mol. The highest BCUT2D eigenvalue weighted by Gasteiger charge is 2.23. The molecule has 0 aliphatic carbocycles. The number of carbonyl (C=O) groups excluding carboxylic acids is 1. The molecule has 5 rings (SSSR count). The lowest BCUT2D eigenvalue weighted by atomic mass is 9.96. The Kier molecular flexibility index (Phi) is 6.75. The fraction of sp³-hybridized carbons (Fsp3) is 0.276. The number of piperidine rings is 1. The normalized spacial score (nSPS) is 14.3. The molecule has 0 bridgehead atoms. The lowest BCUT2D eigenvalue weighted by Crippen LogP contribution is -2.33. The zero-order valence-electron chi connectivity index (χ0n) is 19.8. The molecular formula is C29H29NO4S. The number of aryl methyl sites for hydroxylation is 1. The van der Waals surface area contributed by atoms with E-state index in [2.05, 4.69) is 4.90 Å². The van der Waals surface area contributed by atoms with Gasteiger partial charge in [-0.15, -0.1) is 11.3 Å². The number of nitrogens with zero attached hydrogens (tertiary/aromatic N) is 1. The van der Waals surface area contributed by atoms with Crippen LogP contribution in [0.15, 0.2) is 60.7 Å². The number of rotatable bonds is 7. The molecule has 0 spiro atoms. The summed E-state index contributed by atoms with van der Waals surface area (Å²) in [6, 6.07) is 17.7. The molecule has 35 heavy (non-hydrogen) atoms. The molecule has 5 nitrogen and oxygen atoms in total. The van der Waals surface area contributed by atoms with Gasteiger partial charge in [0, 0.05) is 38.2 Å². The van der Waals surface area contributed by atoms with Crippen molar-refractivity contribution in [3.8, 4) is 27.7 Å². The highest BCUT2D eigenvalue weighted by Crippen LogP contribution is 2.43. The Morgan fingerprint density at radius 3 is 2.37 bits per heavy atom. The summed E-state index contributed by atoms with van der Waals surface area (Å²) in [5, 5.41) is 20.8. The van der Waals surface area contributed by atoms with Gasteiger partial charge in [-0.25, -0.2) is 0 Å². The van der Waals surface area contributed by atoms with Crippen LogP contribution in [-0.4, -0.2) is 47.1 Å². The van der Waals surface area contributed by atoms with Crippen molar-refractivity contribution in [2.45, 2.75) is 26.2 Å². The van der Waals surface area contributed by atoms with Crippen LogP contribution in [0.25, 0.3) is 20.5 Å². The minimum absolute atomic E-state index is 0.0794. The van der Waals surface area contributed by atoms with Crippen molar-refractivity contribution >= 4 is 27.2 Å². The molecule has 4 aromatic rings. The van der Waals surface area contributed by atoms with Crippen LogP contribution >= 0.6 is 11.3 Å². The van der Waals surface area contributed by atoms with Gasteiger partial charge in [0.15, 0.2) is 5.78 Å². The van der Waals surface area contributed by atoms with Gasteiger partial charge in [-0.2, -0.15) is 0 Å². The van der Waals surface area contributed by atoms with Crippen LogP contribution in [-0.2, 0) is 0 Å². The SMILES string of the molecule is Cc1c(O)ccc2c(C(=O)c3ccc(OCCN4CCCCC4)cc3)c(-c3ccc(O)cc3)sc12. The molecule has 1 aliphatic heterocycles. The Hall–Kier alpha value is -3.35. The molecule has 3 aromatic carbocycles. The van der Waals surface area contributed by atoms with E-state index in [0.29, 0.717) is 17.7 Å². The molecule has 1 aromatic heterocycles. The van der Waals surface area contributed by atoms with Crippen molar-refractivity contribution in [1.82, 2.24) is 4.90 Å². The molecule has 0 unspecified atom stereocenters. The topological polar surface area (TPSA) is 70.0 Å². The zero-order chi connectivity index (χ0) is 24.4. The van der Waals surface area contributed by atoms with E-state index in [1.54, 1.807) is 18.2 Å². The zero-order valence-corrected chi connectivity index (χ0v) is 20.6. The van der Waals surface area contributed by atoms with Crippen molar-refractivity contribution < 1.29 is 19.7 Å². The van der Waals surface area contributed by atoms with Crippen molar-refractivity contribution in [2.24, 2.45) is 0 Å². The van der Waals surface area contributed by atoms with Crippen molar-refractivity contribution in [2.75, 3.05) is 26.2 Å². The Balaban J connectivity index is 1.42. The van der Waals surface area contributed by atoms with Gasteiger partial charge in [-0.05, 0) is 99.1 Å². The summed E-state index contributed by atoms with van der Waals surface area (Å²) < 4.78 is 6.82. The number of phenols is 2. The number of hydrogen-bond donors (Lipinski definition) is 2. The first-order valence-corrected chi connectivity index (χ1v) is 12.9. The maximum Gasteiger partial charge on any atom is 0.195 e. The molecule has 180 valence electrons. The molecule has 0 atom stereocenters. The second-order valence-corrected chi connectivity index (χ2v) is 10.1. The summed E-state index contributed by atoms with van der Waals surface area (Å²) in [4.78, 5) is 17.0. The molecule has 1 saturated heterocycles. The van der Waals surface area contributed by atoms with Gasteiger partial charge in [0.1, 0.15) is 23.9 Å². The molecule has 2 N–H and O–H groups in total. The van der Waals surface area contributed by atoms with E-state index in [0.717, 1.165) is 51.5 Å². The Bertz CT molecular complexity index is 1340. The molecule has 0 radical (unpaired) electrons.